The van der Waals surface area contributed by atoms with E-state index >= 15 is 0 Å². The van der Waals surface area contributed by atoms with Crippen LogP contribution >= 0.6 is 0 Å². The van der Waals surface area contributed by atoms with Crippen molar-refractivity contribution in [2.75, 3.05) is 25.3 Å². The van der Waals surface area contributed by atoms with E-state index in [1.807, 2.05) is 24.3 Å². The Balaban J connectivity index is 1.78. The van der Waals surface area contributed by atoms with Gasteiger partial charge in [0, 0.05) is 29.6 Å². The molecule has 0 aliphatic rings. The molecule has 1 heterocycles. The van der Waals surface area contributed by atoms with Crippen LogP contribution in [0, 0.1) is 0 Å². The molecule has 0 fully saturated rings. The van der Waals surface area contributed by atoms with E-state index in [1.165, 1.54) is 13.3 Å². The molecule has 7 nitrogen and oxygen atoms in total. The number of anilines is 2. The fraction of sp³-hybridized carbons (Fsp3) is 0.143. The molecule has 7 heteroatoms. The number of carbonyl (C=O) groups is 1. The number of ether oxygens (including phenoxy) is 3. The molecule has 1 amide bonds. The van der Waals surface area contributed by atoms with Crippen LogP contribution < -0.4 is 25.3 Å². The molecular formula is C21H21N3O4. The maximum Gasteiger partial charge on any atom is 0.259 e. The van der Waals surface area contributed by atoms with Gasteiger partial charge in [0.15, 0.2) is 0 Å². The van der Waals surface area contributed by atoms with Crippen LogP contribution in [-0.4, -0.2) is 25.1 Å². The highest BCUT2D eigenvalue weighted by Crippen LogP contribution is 2.27. The number of hydrogen-bond donors (Lipinski definition) is 2. The number of benzene rings is 2. The molecule has 0 radical (unpaired) electrons. The second-order valence-electron chi connectivity index (χ2n) is 5.88. The van der Waals surface area contributed by atoms with Crippen molar-refractivity contribution in [1.82, 2.24) is 4.98 Å². The summed E-state index contributed by atoms with van der Waals surface area (Å²) in [5, 5.41) is 2.91. The zero-order chi connectivity index (χ0) is 19.9. The van der Waals surface area contributed by atoms with Gasteiger partial charge in [-0.2, -0.15) is 0 Å². The van der Waals surface area contributed by atoms with Gasteiger partial charge in [0.1, 0.15) is 23.9 Å². The summed E-state index contributed by atoms with van der Waals surface area (Å²) >= 11 is 0. The van der Waals surface area contributed by atoms with Crippen molar-refractivity contribution in [3.05, 3.63) is 72.1 Å². The molecular weight excluding hydrogens is 358 g/mol. The van der Waals surface area contributed by atoms with E-state index < -0.39 is 0 Å². The third-order valence-corrected chi connectivity index (χ3v) is 4.11. The van der Waals surface area contributed by atoms with E-state index in [2.05, 4.69) is 10.3 Å². The summed E-state index contributed by atoms with van der Waals surface area (Å²) in [6.07, 6.45) is 3.13. The molecule has 3 N–H and O–H groups in total. The van der Waals surface area contributed by atoms with Gasteiger partial charge < -0.3 is 25.3 Å². The average Bonchev–Trinajstić information content (AvgIpc) is 2.73. The van der Waals surface area contributed by atoms with Gasteiger partial charge in [-0.1, -0.05) is 18.2 Å². The highest BCUT2D eigenvalue weighted by Gasteiger charge is 2.15. The highest BCUT2D eigenvalue weighted by molar-refractivity contribution is 6.06. The molecule has 0 saturated heterocycles. The van der Waals surface area contributed by atoms with E-state index in [4.69, 9.17) is 19.9 Å². The minimum absolute atomic E-state index is 0.240. The topological polar surface area (TPSA) is 95.7 Å². The number of pyridine rings is 1. The highest BCUT2D eigenvalue weighted by atomic mass is 16.5. The van der Waals surface area contributed by atoms with Crippen molar-refractivity contribution in [1.29, 1.82) is 0 Å². The molecule has 0 saturated carbocycles. The first-order valence-corrected chi connectivity index (χ1v) is 8.56. The van der Waals surface area contributed by atoms with Crippen LogP contribution in [0.3, 0.4) is 0 Å². The summed E-state index contributed by atoms with van der Waals surface area (Å²) in [5.41, 5.74) is 8.15. The molecule has 1 aromatic heterocycles. The standard InChI is InChI=1S/C21H21N3O4/c1-26-15-7-8-16(20(11-15)27-2)21(25)24-18-6-4-3-5-14(18)13-28-19-9-10-23-12-17(19)22/h3-12H,13,22H2,1-2H3,(H,24,25). The first kappa shape index (κ1) is 19.0. The van der Waals surface area contributed by atoms with Crippen LogP contribution in [0.25, 0.3) is 0 Å². The number of nitrogens with zero attached hydrogens (tertiary/aromatic N) is 1. The molecule has 3 aromatic rings. The molecule has 0 unspecified atom stereocenters. The molecule has 0 aliphatic heterocycles. The Morgan fingerprint density at radius 2 is 1.89 bits per heavy atom. The first-order chi connectivity index (χ1) is 13.6. The molecule has 0 aliphatic carbocycles. The predicted octanol–water partition coefficient (Wildman–Crippen LogP) is 3.51. The number of nitrogen functional groups attached to an aromatic ring is 1. The second-order valence-corrected chi connectivity index (χ2v) is 5.88. The van der Waals surface area contributed by atoms with Crippen molar-refractivity contribution < 1.29 is 19.0 Å². The SMILES string of the molecule is COc1ccc(C(=O)Nc2ccccc2COc2ccncc2N)c(OC)c1. The van der Waals surface area contributed by atoms with E-state index in [0.717, 1.165) is 5.56 Å². The first-order valence-electron chi connectivity index (χ1n) is 8.56. The molecule has 144 valence electrons. The van der Waals surface area contributed by atoms with E-state index in [9.17, 15) is 4.79 Å². The third-order valence-electron chi connectivity index (χ3n) is 4.11. The number of amides is 1. The number of carbonyl (C=O) groups excluding carboxylic acids is 1. The van der Waals surface area contributed by atoms with E-state index in [-0.39, 0.29) is 12.5 Å². The smallest absolute Gasteiger partial charge is 0.259 e. The number of hydrogen-bond acceptors (Lipinski definition) is 6. The lowest BCUT2D eigenvalue weighted by atomic mass is 10.1. The maximum atomic E-state index is 12.8. The van der Waals surface area contributed by atoms with Crippen molar-refractivity contribution in [3.8, 4) is 17.2 Å². The van der Waals surface area contributed by atoms with E-state index in [0.29, 0.717) is 34.2 Å². The van der Waals surface area contributed by atoms with Crippen molar-refractivity contribution in [2.24, 2.45) is 0 Å². The van der Waals surface area contributed by atoms with Gasteiger partial charge in [-0.15, -0.1) is 0 Å². The summed E-state index contributed by atoms with van der Waals surface area (Å²) < 4.78 is 16.2. The van der Waals surface area contributed by atoms with Gasteiger partial charge in [0.2, 0.25) is 0 Å². The molecule has 2 aromatic carbocycles. The Morgan fingerprint density at radius 3 is 2.64 bits per heavy atom. The Kier molecular flexibility index (Phi) is 5.96. The van der Waals surface area contributed by atoms with Crippen LogP contribution in [0.1, 0.15) is 15.9 Å². The molecule has 0 bridgehead atoms. The summed E-state index contributed by atoms with van der Waals surface area (Å²) in [7, 11) is 3.06. The van der Waals surface area contributed by atoms with Crippen LogP contribution in [0.2, 0.25) is 0 Å². The number of nitrogens with one attached hydrogen (secondary N) is 1. The monoisotopic (exact) mass is 379 g/mol. The maximum absolute atomic E-state index is 12.8. The molecule has 28 heavy (non-hydrogen) atoms. The van der Waals surface area contributed by atoms with Gasteiger partial charge >= 0.3 is 0 Å². The van der Waals surface area contributed by atoms with Gasteiger partial charge in [-0.25, -0.2) is 0 Å². The second kappa shape index (κ2) is 8.77. The number of methoxy groups -OCH3 is 2. The van der Waals surface area contributed by atoms with Crippen LogP contribution in [-0.2, 0) is 6.61 Å². The van der Waals surface area contributed by atoms with Crippen LogP contribution in [0.15, 0.2) is 60.9 Å². The summed E-state index contributed by atoms with van der Waals surface area (Å²) in [6.45, 7) is 0.240. The molecule has 0 atom stereocenters. The fourth-order valence-electron chi connectivity index (χ4n) is 2.62. The summed E-state index contributed by atoms with van der Waals surface area (Å²) in [5.74, 6) is 1.27. The minimum Gasteiger partial charge on any atom is -0.497 e. The van der Waals surface area contributed by atoms with Crippen LogP contribution in [0.5, 0.6) is 17.2 Å². The molecule has 0 spiro atoms. The Morgan fingerprint density at radius 1 is 1.07 bits per heavy atom. The average molecular weight is 379 g/mol. The fourth-order valence-corrected chi connectivity index (χ4v) is 2.62. The summed E-state index contributed by atoms with van der Waals surface area (Å²) in [6, 6.07) is 14.1. The molecule has 3 rings (SSSR count). The lowest BCUT2D eigenvalue weighted by Crippen LogP contribution is -2.15. The van der Waals surface area contributed by atoms with Crippen LogP contribution in [0.4, 0.5) is 11.4 Å². The van der Waals surface area contributed by atoms with Gasteiger partial charge in [-0.05, 0) is 18.2 Å². The Labute approximate surface area is 163 Å². The van der Waals surface area contributed by atoms with Crippen molar-refractivity contribution in [3.63, 3.8) is 0 Å². The number of aromatic nitrogens is 1. The zero-order valence-electron chi connectivity index (χ0n) is 15.6. The zero-order valence-corrected chi connectivity index (χ0v) is 15.6. The normalized spacial score (nSPS) is 10.2. The largest absolute Gasteiger partial charge is 0.497 e. The number of nitrogens with two attached hydrogens (primary N) is 1. The lowest BCUT2D eigenvalue weighted by Gasteiger charge is -2.14. The van der Waals surface area contributed by atoms with Crippen molar-refractivity contribution in [2.45, 2.75) is 6.61 Å². The van der Waals surface area contributed by atoms with Gasteiger partial charge in [-0.3, -0.25) is 9.78 Å². The Bertz CT molecular complexity index is 975. The predicted molar refractivity (Wildman–Crippen MR) is 107 cm³/mol. The van der Waals surface area contributed by atoms with Gasteiger partial charge in [0.25, 0.3) is 5.91 Å². The number of rotatable bonds is 7. The van der Waals surface area contributed by atoms with Crippen molar-refractivity contribution >= 4 is 17.3 Å². The van der Waals surface area contributed by atoms with Gasteiger partial charge in [0.05, 0.1) is 31.7 Å². The lowest BCUT2D eigenvalue weighted by molar-refractivity contribution is 0.102. The summed E-state index contributed by atoms with van der Waals surface area (Å²) in [4.78, 5) is 16.7. The van der Waals surface area contributed by atoms with E-state index in [1.54, 1.807) is 37.6 Å². The quantitative estimate of drug-likeness (QED) is 0.652. The number of para-hydroxylation sites is 1. The Hall–Kier alpha value is -3.74. The minimum atomic E-state index is -0.296. The third kappa shape index (κ3) is 4.32.